The Morgan fingerprint density at radius 2 is 2.31 bits per heavy atom. The van der Waals surface area contributed by atoms with Crippen molar-refractivity contribution in [2.45, 2.75) is 19.9 Å². The summed E-state index contributed by atoms with van der Waals surface area (Å²) in [5, 5.41) is 15.0. The van der Waals surface area contributed by atoms with Crippen molar-refractivity contribution in [3.05, 3.63) is 23.9 Å². The van der Waals surface area contributed by atoms with Crippen LogP contribution in [0.1, 0.15) is 17.5 Å². The van der Waals surface area contributed by atoms with E-state index >= 15 is 0 Å². The number of hydrogen-bond donors (Lipinski definition) is 1. The molecule has 0 saturated carbocycles. The highest BCUT2D eigenvalue weighted by Gasteiger charge is 2.04. The van der Waals surface area contributed by atoms with Crippen LogP contribution in [-0.2, 0) is 20.0 Å². The van der Waals surface area contributed by atoms with Crippen LogP contribution in [0.2, 0.25) is 0 Å². The summed E-state index contributed by atoms with van der Waals surface area (Å²) < 4.78 is 6.60. The van der Waals surface area contributed by atoms with E-state index in [1.54, 1.807) is 0 Å². The smallest absolute Gasteiger partial charge is 0.213 e. The molecule has 7 heteroatoms. The van der Waals surface area contributed by atoms with Gasteiger partial charge in [0.25, 0.3) is 0 Å². The van der Waals surface area contributed by atoms with E-state index in [0.717, 1.165) is 24.6 Å². The van der Waals surface area contributed by atoms with Crippen LogP contribution in [0.15, 0.2) is 10.9 Å². The van der Waals surface area contributed by atoms with Crippen molar-refractivity contribution >= 4 is 0 Å². The molecule has 0 aliphatic heterocycles. The van der Waals surface area contributed by atoms with Crippen molar-refractivity contribution in [2.24, 2.45) is 7.05 Å². The zero-order valence-electron chi connectivity index (χ0n) is 9.34. The van der Waals surface area contributed by atoms with Gasteiger partial charge in [-0.15, -0.1) is 10.2 Å². The third kappa shape index (κ3) is 2.43. The molecule has 16 heavy (non-hydrogen) atoms. The van der Waals surface area contributed by atoms with Gasteiger partial charge in [0.2, 0.25) is 6.39 Å². The molecule has 0 atom stereocenters. The molecule has 2 rings (SSSR count). The standard InChI is InChI=1S/C9H14N6O/c1-7-12-13-9(15(7)2)5-10-4-3-8-11-6-16-14-8/h6,10H,3-5H2,1-2H3. The molecule has 0 aromatic carbocycles. The normalized spacial score (nSPS) is 10.9. The third-order valence-corrected chi connectivity index (χ3v) is 2.40. The molecular weight excluding hydrogens is 208 g/mol. The SMILES string of the molecule is Cc1nnc(CNCCc2ncon2)n1C. The second-order valence-corrected chi connectivity index (χ2v) is 3.50. The van der Waals surface area contributed by atoms with Gasteiger partial charge < -0.3 is 14.4 Å². The Hall–Kier alpha value is -1.76. The van der Waals surface area contributed by atoms with Crippen LogP contribution in [0.25, 0.3) is 0 Å². The molecule has 0 bridgehead atoms. The topological polar surface area (TPSA) is 81.7 Å². The predicted molar refractivity (Wildman–Crippen MR) is 55.4 cm³/mol. The van der Waals surface area contributed by atoms with Gasteiger partial charge in [-0.25, -0.2) is 0 Å². The summed E-state index contributed by atoms with van der Waals surface area (Å²) in [7, 11) is 1.95. The van der Waals surface area contributed by atoms with E-state index in [4.69, 9.17) is 0 Å². The Balaban J connectivity index is 1.74. The Labute approximate surface area is 92.9 Å². The molecule has 0 spiro atoms. The maximum Gasteiger partial charge on any atom is 0.213 e. The van der Waals surface area contributed by atoms with Crippen molar-refractivity contribution in [3.63, 3.8) is 0 Å². The Morgan fingerprint density at radius 3 is 2.94 bits per heavy atom. The van der Waals surface area contributed by atoms with Crippen LogP contribution in [0.4, 0.5) is 0 Å². The van der Waals surface area contributed by atoms with Gasteiger partial charge in [0, 0.05) is 20.0 Å². The monoisotopic (exact) mass is 222 g/mol. The highest BCUT2D eigenvalue weighted by atomic mass is 16.5. The highest BCUT2D eigenvalue weighted by molar-refractivity contribution is 4.92. The molecule has 2 heterocycles. The molecule has 2 aromatic heterocycles. The summed E-state index contributed by atoms with van der Waals surface area (Å²) in [6, 6.07) is 0. The molecule has 0 saturated heterocycles. The Morgan fingerprint density at radius 1 is 1.44 bits per heavy atom. The minimum absolute atomic E-state index is 0.690. The summed E-state index contributed by atoms with van der Waals surface area (Å²) in [6.07, 6.45) is 2.08. The van der Waals surface area contributed by atoms with Crippen molar-refractivity contribution < 1.29 is 4.52 Å². The van der Waals surface area contributed by atoms with Crippen molar-refractivity contribution in [2.75, 3.05) is 6.54 Å². The lowest BCUT2D eigenvalue weighted by atomic mass is 10.4. The first-order chi connectivity index (χ1) is 7.77. The minimum atomic E-state index is 0.690. The summed E-state index contributed by atoms with van der Waals surface area (Å²) in [4.78, 5) is 3.93. The van der Waals surface area contributed by atoms with Crippen LogP contribution >= 0.6 is 0 Å². The molecule has 86 valence electrons. The molecule has 1 N–H and O–H groups in total. The van der Waals surface area contributed by atoms with Crippen LogP contribution in [0, 0.1) is 6.92 Å². The maximum absolute atomic E-state index is 4.64. The van der Waals surface area contributed by atoms with Crippen LogP contribution in [0.5, 0.6) is 0 Å². The van der Waals surface area contributed by atoms with Gasteiger partial charge in [-0.3, -0.25) is 0 Å². The van der Waals surface area contributed by atoms with Gasteiger partial charge >= 0.3 is 0 Å². The molecule has 2 aromatic rings. The van der Waals surface area contributed by atoms with Gasteiger partial charge in [0.05, 0.1) is 6.54 Å². The van der Waals surface area contributed by atoms with Crippen molar-refractivity contribution in [1.29, 1.82) is 0 Å². The summed E-state index contributed by atoms with van der Waals surface area (Å²) in [5.74, 6) is 2.54. The van der Waals surface area contributed by atoms with E-state index in [-0.39, 0.29) is 0 Å². The van der Waals surface area contributed by atoms with Gasteiger partial charge in [0.15, 0.2) is 5.82 Å². The molecule has 0 radical (unpaired) electrons. The van der Waals surface area contributed by atoms with E-state index in [2.05, 4.69) is 30.2 Å². The molecule has 0 fully saturated rings. The lowest BCUT2D eigenvalue weighted by Gasteiger charge is -2.02. The van der Waals surface area contributed by atoms with E-state index in [0.29, 0.717) is 12.4 Å². The zero-order chi connectivity index (χ0) is 11.4. The second-order valence-electron chi connectivity index (χ2n) is 3.50. The zero-order valence-corrected chi connectivity index (χ0v) is 9.34. The van der Waals surface area contributed by atoms with Crippen LogP contribution < -0.4 is 5.32 Å². The first-order valence-electron chi connectivity index (χ1n) is 5.08. The predicted octanol–water partition coefficient (Wildman–Crippen LogP) is -0.161. The molecule has 0 aliphatic rings. The quantitative estimate of drug-likeness (QED) is 0.708. The minimum Gasteiger partial charge on any atom is -0.343 e. The van der Waals surface area contributed by atoms with Crippen molar-refractivity contribution in [3.8, 4) is 0 Å². The summed E-state index contributed by atoms with van der Waals surface area (Å²) in [6.45, 7) is 3.40. The fourth-order valence-corrected chi connectivity index (χ4v) is 1.31. The van der Waals surface area contributed by atoms with E-state index in [9.17, 15) is 0 Å². The Bertz CT molecular complexity index is 435. The molecule has 7 nitrogen and oxygen atoms in total. The van der Waals surface area contributed by atoms with E-state index in [1.807, 2.05) is 18.5 Å². The van der Waals surface area contributed by atoms with Crippen molar-refractivity contribution in [1.82, 2.24) is 30.2 Å². The summed E-state index contributed by atoms with van der Waals surface area (Å²) in [5.41, 5.74) is 0. The number of aryl methyl sites for hydroxylation is 1. The lowest BCUT2D eigenvalue weighted by molar-refractivity contribution is 0.409. The van der Waals surface area contributed by atoms with Gasteiger partial charge in [-0.05, 0) is 6.92 Å². The number of nitrogens with one attached hydrogen (secondary N) is 1. The summed E-state index contributed by atoms with van der Waals surface area (Å²) >= 11 is 0. The second kappa shape index (κ2) is 4.84. The van der Waals surface area contributed by atoms with Gasteiger partial charge in [-0.1, -0.05) is 5.16 Å². The first kappa shape index (κ1) is 10.7. The molecular formula is C9H14N6O. The van der Waals surface area contributed by atoms with Crippen LogP contribution in [0.3, 0.4) is 0 Å². The molecule has 0 aliphatic carbocycles. The fraction of sp³-hybridized carbons (Fsp3) is 0.556. The average molecular weight is 222 g/mol. The molecule has 0 unspecified atom stereocenters. The third-order valence-electron chi connectivity index (χ3n) is 2.40. The lowest BCUT2D eigenvalue weighted by Crippen LogP contribution is -2.19. The van der Waals surface area contributed by atoms with Gasteiger partial charge in [0.1, 0.15) is 11.6 Å². The highest BCUT2D eigenvalue weighted by Crippen LogP contribution is 1.96. The Kier molecular flexibility index (Phi) is 3.25. The first-order valence-corrected chi connectivity index (χ1v) is 5.08. The maximum atomic E-state index is 4.64. The number of hydrogen-bond acceptors (Lipinski definition) is 6. The van der Waals surface area contributed by atoms with Gasteiger partial charge in [-0.2, -0.15) is 4.98 Å². The number of nitrogens with zero attached hydrogens (tertiary/aromatic N) is 5. The molecule has 0 amide bonds. The average Bonchev–Trinajstić information content (AvgIpc) is 2.88. The van der Waals surface area contributed by atoms with Crippen LogP contribution in [-0.4, -0.2) is 31.4 Å². The number of rotatable bonds is 5. The van der Waals surface area contributed by atoms with E-state index in [1.165, 1.54) is 6.39 Å². The number of aromatic nitrogens is 5. The van der Waals surface area contributed by atoms with E-state index < -0.39 is 0 Å². The fourth-order valence-electron chi connectivity index (χ4n) is 1.31. The largest absolute Gasteiger partial charge is 0.343 e.